The fourth-order valence-electron chi connectivity index (χ4n) is 0.925. The van der Waals surface area contributed by atoms with Crippen molar-refractivity contribution in [1.29, 1.82) is 5.41 Å². The summed E-state index contributed by atoms with van der Waals surface area (Å²) in [5, 5.41) is 9.92. The summed E-state index contributed by atoms with van der Waals surface area (Å²) in [6, 6.07) is -0.266. The topological polar surface area (TPSA) is 65.1 Å². The van der Waals surface area contributed by atoms with E-state index >= 15 is 0 Å². The Kier molecular flexibility index (Phi) is 1.36. The molecule has 48 valence electrons. The van der Waals surface area contributed by atoms with Gasteiger partial charge in [0.2, 0.25) is 0 Å². The first-order valence-corrected chi connectivity index (χ1v) is 2.77. The second-order valence-electron chi connectivity index (χ2n) is 2.08. The maximum absolute atomic E-state index is 7.00. The first kappa shape index (κ1) is 6.42. The molecule has 0 aromatic rings. The summed E-state index contributed by atoms with van der Waals surface area (Å²) in [4.78, 5) is 1.58. The van der Waals surface area contributed by atoms with Crippen molar-refractivity contribution >= 4 is 13.8 Å². The zero-order valence-corrected chi connectivity index (χ0v) is 5.26. The first-order chi connectivity index (χ1) is 4.13. The molecule has 1 fully saturated rings. The van der Waals surface area contributed by atoms with Crippen LogP contribution in [0.4, 0.5) is 0 Å². The highest BCUT2D eigenvalue weighted by molar-refractivity contribution is 6.13. The molecule has 0 aromatic heterocycles. The van der Waals surface area contributed by atoms with E-state index in [4.69, 9.17) is 19.0 Å². The maximum atomic E-state index is 7.00. The number of hydrogen-bond acceptors (Lipinski definition) is 2. The molecule has 0 aliphatic carbocycles. The molecule has 0 aromatic carbocycles. The molecular weight excluding hydrogens is 115 g/mol. The van der Waals surface area contributed by atoms with E-state index in [2.05, 4.69) is 5.32 Å². The molecule has 1 saturated heterocycles. The number of rotatable bonds is 0. The van der Waals surface area contributed by atoms with Crippen LogP contribution in [0.1, 0.15) is 6.92 Å². The van der Waals surface area contributed by atoms with Gasteiger partial charge in [0.15, 0.2) is 5.96 Å². The Morgan fingerprint density at radius 2 is 2.44 bits per heavy atom. The van der Waals surface area contributed by atoms with Gasteiger partial charge < -0.3 is 10.6 Å². The normalized spacial score (nSPS) is 33.7. The van der Waals surface area contributed by atoms with Gasteiger partial charge in [0.05, 0.1) is 6.17 Å². The third kappa shape index (κ3) is 0.874. The Labute approximate surface area is 55.3 Å². The van der Waals surface area contributed by atoms with Gasteiger partial charge in [-0.1, -0.05) is 0 Å². The van der Waals surface area contributed by atoms with Gasteiger partial charge in [0.25, 0.3) is 0 Å². The largest absolute Gasteiger partial charge is 0.370 e. The van der Waals surface area contributed by atoms with E-state index in [0.717, 1.165) is 0 Å². The van der Waals surface area contributed by atoms with E-state index in [-0.39, 0.29) is 18.2 Å². The van der Waals surface area contributed by atoms with Gasteiger partial charge in [-0.05, 0) is 6.92 Å². The Hall–Kier alpha value is -0.705. The highest BCUT2D eigenvalue weighted by Gasteiger charge is 2.30. The van der Waals surface area contributed by atoms with Crippen molar-refractivity contribution in [2.75, 3.05) is 0 Å². The van der Waals surface area contributed by atoms with Gasteiger partial charge in [0, 0.05) is 6.07 Å². The van der Waals surface area contributed by atoms with E-state index < -0.39 is 0 Å². The Morgan fingerprint density at radius 3 is 2.56 bits per heavy atom. The third-order valence-corrected chi connectivity index (χ3v) is 1.41. The van der Waals surface area contributed by atoms with Crippen LogP contribution in [0.25, 0.3) is 0 Å². The highest BCUT2D eigenvalue weighted by atomic mass is 15.5. The van der Waals surface area contributed by atoms with E-state index in [1.165, 1.54) is 0 Å². The summed E-state index contributed by atoms with van der Waals surface area (Å²) in [5.41, 5.74) is 5.17. The van der Waals surface area contributed by atoms with Crippen LogP contribution >= 0.6 is 0 Å². The van der Waals surface area contributed by atoms with Crippen LogP contribution in [0.2, 0.25) is 0 Å². The minimum atomic E-state index is -0.266. The van der Waals surface area contributed by atoms with Crippen molar-refractivity contribution in [2.45, 2.75) is 19.2 Å². The summed E-state index contributed by atoms with van der Waals surface area (Å²) in [6.45, 7) is 1.89. The zero-order valence-electron chi connectivity index (χ0n) is 5.26. The molecule has 9 heavy (non-hydrogen) atoms. The van der Waals surface area contributed by atoms with E-state index in [1.54, 1.807) is 4.90 Å². The van der Waals surface area contributed by atoms with Crippen LogP contribution < -0.4 is 11.1 Å². The van der Waals surface area contributed by atoms with Crippen molar-refractivity contribution in [3.63, 3.8) is 0 Å². The zero-order chi connectivity index (χ0) is 7.02. The molecule has 1 heterocycles. The lowest BCUT2D eigenvalue weighted by Crippen LogP contribution is -2.71. The molecule has 0 bridgehead atoms. The molecule has 2 radical (unpaired) electrons. The highest BCUT2D eigenvalue weighted by Crippen LogP contribution is 2.08. The molecule has 1 rings (SSSR count). The lowest BCUT2D eigenvalue weighted by molar-refractivity contribution is 0.112. The second-order valence-corrected chi connectivity index (χ2v) is 2.08. The van der Waals surface area contributed by atoms with Gasteiger partial charge in [0.1, 0.15) is 7.85 Å². The molecule has 0 saturated carbocycles. The smallest absolute Gasteiger partial charge is 0.190 e. The predicted octanol–water partition coefficient (Wildman–Crippen LogP) is -1.42. The maximum Gasteiger partial charge on any atom is 0.190 e. The molecule has 2 unspecified atom stereocenters. The van der Waals surface area contributed by atoms with Crippen molar-refractivity contribution in [3.05, 3.63) is 0 Å². The quantitative estimate of drug-likeness (QED) is 0.211. The molecule has 1 aliphatic heterocycles. The van der Waals surface area contributed by atoms with Gasteiger partial charge in [-0.3, -0.25) is 10.7 Å². The van der Waals surface area contributed by atoms with Gasteiger partial charge in [-0.2, -0.15) is 0 Å². The number of hydrogen-bond donors (Lipinski definition) is 3. The molecule has 4 N–H and O–H groups in total. The third-order valence-electron chi connectivity index (χ3n) is 1.41. The second kappa shape index (κ2) is 1.91. The summed E-state index contributed by atoms with van der Waals surface area (Å²) >= 11 is 0. The van der Waals surface area contributed by atoms with Gasteiger partial charge >= 0.3 is 0 Å². The monoisotopic (exact) mass is 124 g/mol. The summed E-state index contributed by atoms with van der Waals surface area (Å²) < 4.78 is 0. The van der Waals surface area contributed by atoms with Crippen molar-refractivity contribution < 1.29 is 0 Å². The van der Waals surface area contributed by atoms with E-state index in [1.807, 2.05) is 6.92 Å². The number of nitrogens with two attached hydrogens (primary N) is 1. The van der Waals surface area contributed by atoms with Crippen LogP contribution in [0.5, 0.6) is 0 Å². The lowest BCUT2D eigenvalue weighted by atomic mass is 9.98. The van der Waals surface area contributed by atoms with Crippen LogP contribution in [0, 0.1) is 5.41 Å². The summed E-state index contributed by atoms with van der Waals surface area (Å²) in [5.74, 6) is 0.0220. The lowest BCUT2D eigenvalue weighted by Gasteiger charge is -2.47. The van der Waals surface area contributed by atoms with Crippen molar-refractivity contribution in [1.82, 2.24) is 10.2 Å². The van der Waals surface area contributed by atoms with Crippen molar-refractivity contribution in [3.8, 4) is 0 Å². The van der Waals surface area contributed by atoms with Crippen LogP contribution in [0.15, 0.2) is 0 Å². The molecule has 0 spiro atoms. The SMILES string of the molecule is [B]C1NC(C)N1C(=N)N. The molecule has 5 heteroatoms. The van der Waals surface area contributed by atoms with Crippen LogP contribution in [-0.4, -0.2) is 30.9 Å². The van der Waals surface area contributed by atoms with Crippen LogP contribution in [0.3, 0.4) is 0 Å². The summed E-state index contributed by atoms with van der Waals surface area (Å²) in [6.07, 6.45) is 0.109. The Bertz CT molecular complexity index is 129. The van der Waals surface area contributed by atoms with E-state index in [0.29, 0.717) is 0 Å². The average molecular weight is 124 g/mol. The van der Waals surface area contributed by atoms with Crippen LogP contribution in [-0.2, 0) is 0 Å². The minimum absolute atomic E-state index is 0.0220. The standard InChI is InChI=1S/C4H9BN4/c1-2-8-3(5)9(2)4(6)7/h2-3,8H,1H3,(H3,6,7). The fraction of sp³-hybridized carbons (Fsp3) is 0.750. The van der Waals surface area contributed by atoms with Crippen molar-refractivity contribution in [2.24, 2.45) is 5.73 Å². The van der Waals surface area contributed by atoms with E-state index in [9.17, 15) is 0 Å². The summed E-state index contributed by atoms with van der Waals surface area (Å²) in [7, 11) is 5.41. The van der Waals surface area contributed by atoms with Gasteiger partial charge in [-0.25, -0.2) is 0 Å². The molecule has 1 aliphatic rings. The number of nitrogens with one attached hydrogen (secondary N) is 2. The predicted molar refractivity (Wildman–Crippen MR) is 35.9 cm³/mol. The Morgan fingerprint density at radius 1 is 1.89 bits per heavy atom. The molecule has 4 nitrogen and oxygen atoms in total. The number of nitrogens with zero attached hydrogens (tertiary/aromatic N) is 1. The molecule has 2 atom stereocenters. The minimum Gasteiger partial charge on any atom is -0.370 e. The van der Waals surface area contributed by atoms with Gasteiger partial charge in [-0.15, -0.1) is 0 Å². The Balaban J connectivity index is 2.49. The average Bonchev–Trinajstić information content (AvgIpc) is 1.62. The molecule has 0 amide bonds. The molecular formula is C4H9BN4. The number of guanidine groups is 1. The fourth-order valence-corrected chi connectivity index (χ4v) is 0.925. The first-order valence-electron chi connectivity index (χ1n) is 2.77.